The number of thiophene rings is 1. The zero-order valence-electron chi connectivity index (χ0n) is 15.7. The minimum Gasteiger partial charge on any atom is -0.396 e. The third-order valence-electron chi connectivity index (χ3n) is 5.69. The molecule has 0 aliphatic heterocycles. The first-order chi connectivity index (χ1) is 12.2. The minimum absolute atomic E-state index is 0.0481. The van der Waals surface area contributed by atoms with Crippen molar-refractivity contribution in [3.8, 4) is 10.4 Å². The fourth-order valence-corrected chi connectivity index (χ4v) is 4.82. The maximum atomic E-state index is 11.7. The molecule has 0 amide bonds. The molecule has 0 bridgehead atoms. The molecular formula is C19H26N4O2S. The van der Waals surface area contributed by atoms with E-state index in [2.05, 4.69) is 29.1 Å². The molecule has 2 aromatic heterocycles. The van der Waals surface area contributed by atoms with Crippen molar-refractivity contribution >= 4 is 28.9 Å². The Morgan fingerprint density at radius 3 is 2.77 bits per heavy atom. The summed E-state index contributed by atoms with van der Waals surface area (Å²) in [6, 6.07) is 3.77. The van der Waals surface area contributed by atoms with Gasteiger partial charge in [0.2, 0.25) is 5.95 Å². The van der Waals surface area contributed by atoms with Crippen LogP contribution in [-0.2, 0) is 0 Å². The quantitative estimate of drug-likeness (QED) is 0.692. The number of carbonyl (C=O) groups excluding carboxylic acids is 1. The first-order valence-electron chi connectivity index (χ1n) is 8.89. The first-order valence-corrected chi connectivity index (χ1v) is 9.71. The van der Waals surface area contributed by atoms with Crippen LogP contribution in [0.4, 0.5) is 11.8 Å². The van der Waals surface area contributed by atoms with Gasteiger partial charge in [-0.25, -0.2) is 4.98 Å². The number of hydrogen-bond donors (Lipinski definition) is 3. The molecule has 6 nitrogen and oxygen atoms in total. The lowest BCUT2D eigenvalue weighted by atomic mass is 9.86. The van der Waals surface area contributed by atoms with Crippen molar-refractivity contribution in [3.05, 3.63) is 22.7 Å². The van der Waals surface area contributed by atoms with E-state index in [0.717, 1.165) is 29.0 Å². The first kappa shape index (κ1) is 18.8. The Kier molecular flexibility index (Phi) is 5.03. The van der Waals surface area contributed by atoms with Crippen LogP contribution in [0.25, 0.3) is 10.4 Å². The van der Waals surface area contributed by atoms with Crippen LogP contribution >= 0.6 is 11.3 Å². The number of nitrogens with one attached hydrogen (secondary N) is 1. The van der Waals surface area contributed by atoms with E-state index >= 15 is 0 Å². The summed E-state index contributed by atoms with van der Waals surface area (Å²) in [5.74, 6) is 1.55. The summed E-state index contributed by atoms with van der Waals surface area (Å²) in [5.41, 5.74) is 7.40. The smallest absolute Gasteiger partial charge is 0.222 e. The molecule has 1 aliphatic rings. The van der Waals surface area contributed by atoms with E-state index in [1.807, 2.05) is 19.1 Å². The maximum Gasteiger partial charge on any atom is 0.222 e. The molecule has 1 aliphatic carbocycles. The Morgan fingerprint density at radius 2 is 2.19 bits per heavy atom. The van der Waals surface area contributed by atoms with Gasteiger partial charge in [0.15, 0.2) is 5.78 Å². The van der Waals surface area contributed by atoms with Crippen LogP contribution in [0.2, 0.25) is 0 Å². The lowest BCUT2D eigenvalue weighted by molar-refractivity contribution is 0.102. The third-order valence-corrected chi connectivity index (χ3v) is 6.90. The second-order valence-electron chi connectivity index (χ2n) is 7.42. The number of rotatable bonds is 5. The molecule has 4 N–H and O–H groups in total. The van der Waals surface area contributed by atoms with Gasteiger partial charge in [-0.2, -0.15) is 4.98 Å². The van der Waals surface area contributed by atoms with Gasteiger partial charge >= 0.3 is 0 Å². The summed E-state index contributed by atoms with van der Waals surface area (Å²) in [5, 5.41) is 13.2. The molecule has 3 rings (SSSR count). The van der Waals surface area contributed by atoms with Gasteiger partial charge in [-0.1, -0.05) is 6.92 Å². The number of carbonyl (C=O) groups is 1. The highest BCUT2D eigenvalue weighted by atomic mass is 32.1. The van der Waals surface area contributed by atoms with Crippen LogP contribution in [0, 0.1) is 18.8 Å². The average Bonchev–Trinajstić information content (AvgIpc) is 3.13. The van der Waals surface area contributed by atoms with Crippen molar-refractivity contribution in [2.75, 3.05) is 17.7 Å². The van der Waals surface area contributed by atoms with E-state index in [1.165, 1.54) is 11.3 Å². The van der Waals surface area contributed by atoms with Gasteiger partial charge in [0.25, 0.3) is 0 Å². The van der Waals surface area contributed by atoms with Crippen LogP contribution in [-0.4, -0.2) is 33.0 Å². The van der Waals surface area contributed by atoms with Gasteiger partial charge in [-0.3, -0.25) is 4.79 Å². The van der Waals surface area contributed by atoms with Crippen molar-refractivity contribution < 1.29 is 9.90 Å². The van der Waals surface area contributed by atoms with Gasteiger partial charge in [0.05, 0.1) is 16.1 Å². The van der Waals surface area contributed by atoms with Crippen molar-refractivity contribution in [1.29, 1.82) is 0 Å². The highest BCUT2D eigenvalue weighted by Gasteiger charge is 2.42. The largest absolute Gasteiger partial charge is 0.396 e. The van der Waals surface area contributed by atoms with Gasteiger partial charge < -0.3 is 16.2 Å². The van der Waals surface area contributed by atoms with E-state index < -0.39 is 0 Å². The Bertz CT molecular complexity index is 835. The Hall–Kier alpha value is -1.99. The molecule has 140 valence electrons. The molecule has 2 aromatic rings. The van der Waals surface area contributed by atoms with Crippen molar-refractivity contribution in [2.45, 2.75) is 46.1 Å². The van der Waals surface area contributed by atoms with E-state index in [0.29, 0.717) is 16.6 Å². The maximum absolute atomic E-state index is 11.7. The zero-order valence-corrected chi connectivity index (χ0v) is 16.5. The molecule has 0 radical (unpaired) electrons. The number of aryl methyl sites for hydroxylation is 1. The number of anilines is 2. The normalized spacial score (nSPS) is 25.4. The van der Waals surface area contributed by atoms with Crippen LogP contribution in [0.3, 0.4) is 0 Å². The fourth-order valence-electron chi connectivity index (χ4n) is 3.82. The summed E-state index contributed by atoms with van der Waals surface area (Å²) in [6.07, 6.45) is 1.93. The molecule has 7 heteroatoms. The molecule has 3 unspecified atom stereocenters. The van der Waals surface area contributed by atoms with Crippen molar-refractivity contribution in [2.24, 2.45) is 11.8 Å². The van der Waals surface area contributed by atoms with E-state index in [1.54, 1.807) is 6.92 Å². The second-order valence-corrected chi connectivity index (χ2v) is 8.51. The lowest BCUT2D eigenvalue weighted by Gasteiger charge is -2.33. The number of nitrogens with two attached hydrogens (primary N) is 1. The summed E-state index contributed by atoms with van der Waals surface area (Å²) in [4.78, 5) is 22.1. The number of aromatic nitrogens is 2. The Labute approximate surface area is 157 Å². The monoisotopic (exact) mass is 374 g/mol. The van der Waals surface area contributed by atoms with Gasteiger partial charge in [-0.15, -0.1) is 11.3 Å². The number of nitrogen functional groups attached to an aromatic ring is 1. The molecule has 3 atom stereocenters. The summed E-state index contributed by atoms with van der Waals surface area (Å²) >= 11 is 1.44. The number of hydrogen-bond acceptors (Lipinski definition) is 7. The Balaban J connectivity index is 2.03. The third kappa shape index (κ3) is 3.33. The molecule has 0 saturated heterocycles. The molecule has 26 heavy (non-hydrogen) atoms. The Morgan fingerprint density at radius 1 is 1.46 bits per heavy atom. The summed E-state index contributed by atoms with van der Waals surface area (Å²) in [7, 11) is 0. The second kappa shape index (κ2) is 6.96. The van der Waals surface area contributed by atoms with Gasteiger partial charge in [0, 0.05) is 17.0 Å². The predicted molar refractivity (Wildman–Crippen MR) is 106 cm³/mol. The van der Waals surface area contributed by atoms with E-state index in [4.69, 9.17) is 5.73 Å². The van der Waals surface area contributed by atoms with Crippen LogP contribution < -0.4 is 11.1 Å². The summed E-state index contributed by atoms with van der Waals surface area (Å²) in [6.45, 7) is 8.00. The number of nitrogens with zero attached hydrogens (tertiary/aromatic N) is 2. The SMILES string of the molecule is CC(=O)c1ccc(-c2c(C)nc(N)nc2NC2(C)CCC(CO)C2C)s1. The van der Waals surface area contributed by atoms with E-state index in [-0.39, 0.29) is 29.8 Å². The molecule has 0 spiro atoms. The standard InChI is InChI=1S/C19H26N4O2S/c1-10-13(9-24)7-8-19(10,4)23-17-16(11(2)21-18(20)22-17)15-6-5-14(26-15)12(3)25/h5-6,10,13,24H,7-9H2,1-4H3,(H3,20,21,22,23). The van der Waals surface area contributed by atoms with Crippen LogP contribution in [0.15, 0.2) is 12.1 Å². The number of aliphatic hydroxyl groups is 1. The number of ketones is 1. The highest BCUT2D eigenvalue weighted by molar-refractivity contribution is 7.17. The zero-order chi connectivity index (χ0) is 19.1. The van der Waals surface area contributed by atoms with Gasteiger partial charge in [-0.05, 0) is 57.6 Å². The van der Waals surface area contributed by atoms with Crippen LogP contribution in [0.1, 0.15) is 49.0 Å². The molecular weight excluding hydrogens is 348 g/mol. The number of Topliss-reactive ketones (excluding diaryl/α,β-unsaturated/α-hetero) is 1. The molecule has 0 aromatic carbocycles. The highest BCUT2D eigenvalue weighted by Crippen LogP contribution is 2.44. The van der Waals surface area contributed by atoms with Crippen LogP contribution in [0.5, 0.6) is 0 Å². The minimum atomic E-state index is -0.184. The predicted octanol–water partition coefficient (Wildman–Crippen LogP) is 3.51. The molecule has 1 saturated carbocycles. The van der Waals surface area contributed by atoms with Crippen molar-refractivity contribution in [1.82, 2.24) is 9.97 Å². The number of aliphatic hydroxyl groups excluding tert-OH is 1. The lowest BCUT2D eigenvalue weighted by Crippen LogP contribution is -2.40. The average molecular weight is 375 g/mol. The van der Waals surface area contributed by atoms with Gasteiger partial charge in [0.1, 0.15) is 5.82 Å². The molecule has 1 fully saturated rings. The van der Waals surface area contributed by atoms with Crippen molar-refractivity contribution in [3.63, 3.8) is 0 Å². The van der Waals surface area contributed by atoms with E-state index in [9.17, 15) is 9.90 Å². The summed E-state index contributed by atoms with van der Waals surface area (Å²) < 4.78 is 0. The fraction of sp³-hybridized carbons (Fsp3) is 0.526. The topological polar surface area (TPSA) is 101 Å². The molecule has 2 heterocycles.